The van der Waals surface area contributed by atoms with Crippen molar-refractivity contribution in [3.8, 4) is 0 Å². The van der Waals surface area contributed by atoms with Crippen LogP contribution in [0.4, 0.5) is 0 Å². The summed E-state index contributed by atoms with van der Waals surface area (Å²) in [6.45, 7) is 6.72. The van der Waals surface area contributed by atoms with Crippen LogP contribution in [0.1, 0.15) is 32.9 Å². The van der Waals surface area contributed by atoms with Crippen molar-refractivity contribution in [1.29, 1.82) is 0 Å². The normalized spacial score (nSPS) is 12.2. The van der Waals surface area contributed by atoms with E-state index in [1.165, 1.54) is 11.2 Å². The second-order valence-electron chi connectivity index (χ2n) is 4.32. The van der Waals surface area contributed by atoms with E-state index in [-0.39, 0.29) is 5.41 Å². The van der Waals surface area contributed by atoms with Crippen LogP contribution < -0.4 is 0 Å². The fourth-order valence-corrected chi connectivity index (χ4v) is 1.64. The van der Waals surface area contributed by atoms with Gasteiger partial charge in [-0.3, -0.25) is 0 Å². The van der Waals surface area contributed by atoms with Gasteiger partial charge in [0.25, 0.3) is 0 Å². The van der Waals surface area contributed by atoms with Crippen molar-refractivity contribution in [2.45, 2.75) is 32.6 Å². The number of rotatable bonds is 2. The molecule has 2 rings (SSSR count). The van der Waals surface area contributed by atoms with Gasteiger partial charge in [-0.2, -0.15) is 5.10 Å². The average molecular weight is 188 g/mol. The van der Waals surface area contributed by atoms with Gasteiger partial charge in [0.15, 0.2) is 0 Å². The summed E-state index contributed by atoms with van der Waals surface area (Å²) in [7, 11) is 0. The molecular formula is C12H16N2. The second-order valence-corrected chi connectivity index (χ2v) is 4.32. The van der Waals surface area contributed by atoms with Crippen molar-refractivity contribution in [1.82, 2.24) is 9.61 Å². The van der Waals surface area contributed by atoms with Gasteiger partial charge in [-0.05, 0) is 24.6 Å². The summed E-state index contributed by atoms with van der Waals surface area (Å²) in [4.78, 5) is 0. The van der Waals surface area contributed by atoms with E-state index in [9.17, 15) is 0 Å². The van der Waals surface area contributed by atoms with E-state index in [0.717, 1.165) is 6.42 Å². The molecule has 0 saturated heterocycles. The van der Waals surface area contributed by atoms with Gasteiger partial charge in [0.2, 0.25) is 0 Å². The lowest BCUT2D eigenvalue weighted by Gasteiger charge is -2.23. The maximum Gasteiger partial charge on any atom is 0.0665 e. The van der Waals surface area contributed by atoms with Gasteiger partial charge in [-0.25, -0.2) is 4.52 Å². The maximum absolute atomic E-state index is 4.35. The molecule has 0 fully saturated rings. The van der Waals surface area contributed by atoms with E-state index in [0.29, 0.717) is 0 Å². The number of pyridine rings is 1. The van der Waals surface area contributed by atoms with Crippen molar-refractivity contribution in [2.24, 2.45) is 0 Å². The third-order valence-corrected chi connectivity index (χ3v) is 3.00. The molecule has 2 heterocycles. The summed E-state index contributed by atoms with van der Waals surface area (Å²) in [5.74, 6) is 0. The summed E-state index contributed by atoms with van der Waals surface area (Å²) in [5, 5.41) is 4.35. The zero-order chi connectivity index (χ0) is 10.2. The van der Waals surface area contributed by atoms with E-state index < -0.39 is 0 Å². The highest BCUT2D eigenvalue weighted by molar-refractivity contribution is 5.47. The zero-order valence-corrected chi connectivity index (χ0v) is 8.99. The summed E-state index contributed by atoms with van der Waals surface area (Å²) < 4.78 is 2.03. The first-order chi connectivity index (χ1) is 6.65. The fourth-order valence-electron chi connectivity index (χ4n) is 1.64. The van der Waals surface area contributed by atoms with Crippen LogP contribution in [0.25, 0.3) is 5.52 Å². The van der Waals surface area contributed by atoms with Crippen molar-refractivity contribution in [3.05, 3.63) is 36.2 Å². The van der Waals surface area contributed by atoms with Crippen LogP contribution in [-0.4, -0.2) is 9.61 Å². The van der Waals surface area contributed by atoms with E-state index in [1.807, 2.05) is 16.8 Å². The summed E-state index contributed by atoms with van der Waals surface area (Å²) in [5.41, 5.74) is 2.64. The van der Waals surface area contributed by atoms with Crippen LogP contribution in [0.15, 0.2) is 30.5 Å². The van der Waals surface area contributed by atoms with Crippen LogP contribution >= 0.6 is 0 Å². The van der Waals surface area contributed by atoms with E-state index >= 15 is 0 Å². The molecule has 0 amide bonds. The first-order valence-electron chi connectivity index (χ1n) is 5.08. The molecule has 0 aliphatic rings. The van der Waals surface area contributed by atoms with E-state index in [2.05, 4.69) is 44.1 Å². The molecule has 2 aromatic heterocycles. The predicted molar refractivity (Wildman–Crippen MR) is 58.5 cm³/mol. The Hall–Kier alpha value is -1.31. The minimum atomic E-state index is 0.186. The predicted octanol–water partition coefficient (Wildman–Crippen LogP) is 3.02. The van der Waals surface area contributed by atoms with Crippen LogP contribution in [-0.2, 0) is 5.41 Å². The Morgan fingerprint density at radius 3 is 2.79 bits per heavy atom. The molecule has 0 spiro atoms. The molecule has 0 atom stereocenters. The van der Waals surface area contributed by atoms with Crippen molar-refractivity contribution >= 4 is 5.52 Å². The molecule has 2 nitrogen and oxygen atoms in total. The molecular weight excluding hydrogens is 172 g/mol. The number of hydrogen-bond donors (Lipinski definition) is 0. The minimum Gasteiger partial charge on any atom is -0.237 e. The van der Waals surface area contributed by atoms with Crippen molar-refractivity contribution in [3.63, 3.8) is 0 Å². The highest BCUT2D eigenvalue weighted by Gasteiger charge is 2.20. The minimum absolute atomic E-state index is 0.186. The largest absolute Gasteiger partial charge is 0.237 e. The Balaban J connectivity index is 2.67. The van der Waals surface area contributed by atoms with Crippen LogP contribution in [0, 0.1) is 0 Å². The number of aromatic nitrogens is 2. The topological polar surface area (TPSA) is 17.3 Å². The highest BCUT2D eigenvalue weighted by Crippen LogP contribution is 2.26. The zero-order valence-electron chi connectivity index (χ0n) is 8.99. The third kappa shape index (κ3) is 1.31. The molecule has 0 N–H and O–H groups in total. The lowest BCUT2D eigenvalue weighted by atomic mass is 9.86. The highest BCUT2D eigenvalue weighted by atomic mass is 15.2. The monoisotopic (exact) mass is 188 g/mol. The van der Waals surface area contributed by atoms with E-state index in [1.54, 1.807) is 0 Å². The Morgan fingerprint density at radius 2 is 2.07 bits per heavy atom. The number of nitrogens with zero attached hydrogens (tertiary/aromatic N) is 2. The molecule has 0 radical (unpaired) electrons. The molecule has 0 bridgehead atoms. The third-order valence-electron chi connectivity index (χ3n) is 3.00. The average Bonchev–Trinajstić information content (AvgIpc) is 2.64. The number of hydrogen-bond acceptors (Lipinski definition) is 1. The van der Waals surface area contributed by atoms with Gasteiger partial charge >= 0.3 is 0 Å². The Labute approximate surface area is 84.6 Å². The quantitative estimate of drug-likeness (QED) is 0.708. The van der Waals surface area contributed by atoms with Gasteiger partial charge in [0.1, 0.15) is 0 Å². The lowest BCUT2D eigenvalue weighted by Crippen LogP contribution is -2.19. The standard InChI is InChI=1S/C12H16N2/c1-4-12(2,3)11-7-5-6-10-8-9-13-14(10)11/h5-9H,4H2,1-3H3. The Morgan fingerprint density at radius 1 is 1.29 bits per heavy atom. The molecule has 0 aliphatic carbocycles. The molecule has 2 aromatic rings. The molecule has 74 valence electrons. The molecule has 0 saturated carbocycles. The Bertz CT molecular complexity index is 440. The first kappa shape index (κ1) is 9.25. The van der Waals surface area contributed by atoms with Crippen LogP contribution in [0.2, 0.25) is 0 Å². The smallest absolute Gasteiger partial charge is 0.0665 e. The molecule has 2 heteroatoms. The van der Waals surface area contributed by atoms with Crippen molar-refractivity contribution in [2.75, 3.05) is 0 Å². The molecule has 0 unspecified atom stereocenters. The van der Waals surface area contributed by atoms with Crippen LogP contribution in [0.5, 0.6) is 0 Å². The van der Waals surface area contributed by atoms with Gasteiger partial charge < -0.3 is 0 Å². The summed E-state index contributed by atoms with van der Waals surface area (Å²) in [6.07, 6.45) is 2.97. The van der Waals surface area contributed by atoms with Crippen LogP contribution in [0.3, 0.4) is 0 Å². The van der Waals surface area contributed by atoms with Gasteiger partial charge in [-0.1, -0.05) is 26.8 Å². The first-order valence-corrected chi connectivity index (χ1v) is 5.08. The summed E-state index contributed by atoms with van der Waals surface area (Å²) >= 11 is 0. The molecule has 14 heavy (non-hydrogen) atoms. The number of fused-ring (bicyclic) bond motifs is 1. The summed E-state index contributed by atoms with van der Waals surface area (Å²) in [6, 6.07) is 8.38. The van der Waals surface area contributed by atoms with Gasteiger partial charge in [0, 0.05) is 17.3 Å². The van der Waals surface area contributed by atoms with E-state index in [4.69, 9.17) is 0 Å². The Kier molecular flexibility index (Phi) is 2.06. The van der Waals surface area contributed by atoms with Crippen molar-refractivity contribution < 1.29 is 0 Å². The molecule has 0 aliphatic heterocycles. The van der Waals surface area contributed by atoms with Gasteiger partial charge in [-0.15, -0.1) is 0 Å². The maximum atomic E-state index is 4.35. The SMILES string of the molecule is CCC(C)(C)c1cccc2ccnn12. The van der Waals surface area contributed by atoms with Gasteiger partial charge in [0.05, 0.1) is 5.52 Å². The second kappa shape index (κ2) is 3.12. The fraction of sp³-hybridized carbons (Fsp3) is 0.417. The molecule has 0 aromatic carbocycles. The lowest BCUT2D eigenvalue weighted by molar-refractivity contribution is 0.477.